The van der Waals surface area contributed by atoms with Gasteiger partial charge in [0.1, 0.15) is 5.60 Å². The van der Waals surface area contributed by atoms with Crippen LogP contribution in [0.15, 0.2) is 24.3 Å². The van der Waals surface area contributed by atoms with E-state index in [2.05, 4.69) is 5.32 Å². The second-order valence-corrected chi connectivity index (χ2v) is 5.93. The minimum Gasteiger partial charge on any atom is -0.385 e. The van der Waals surface area contributed by atoms with Gasteiger partial charge in [-0.05, 0) is 36.8 Å². The Bertz CT molecular complexity index is 562. The standard InChI is InChI=1S/C15H17Cl2NO3/c1-10-15(20,6-7-21-10)9-18-14(19)5-2-11-8-12(16)3-4-13(11)17/h2-5,8,10,20H,6-7,9H2,1H3,(H,18,19)/b5-2+. The van der Waals surface area contributed by atoms with Gasteiger partial charge in [0.05, 0.1) is 6.10 Å². The average Bonchev–Trinajstić information content (AvgIpc) is 2.78. The molecule has 0 bridgehead atoms. The molecular weight excluding hydrogens is 313 g/mol. The highest BCUT2D eigenvalue weighted by atomic mass is 35.5. The Hall–Kier alpha value is -1.07. The molecule has 2 unspecified atom stereocenters. The highest BCUT2D eigenvalue weighted by Gasteiger charge is 2.39. The summed E-state index contributed by atoms with van der Waals surface area (Å²) in [4.78, 5) is 11.8. The topological polar surface area (TPSA) is 58.6 Å². The molecule has 1 aliphatic heterocycles. The molecule has 0 aromatic heterocycles. The maximum Gasteiger partial charge on any atom is 0.244 e. The van der Waals surface area contributed by atoms with E-state index in [1.54, 1.807) is 31.2 Å². The Morgan fingerprint density at radius 1 is 1.57 bits per heavy atom. The molecule has 2 N–H and O–H groups in total. The van der Waals surface area contributed by atoms with Gasteiger partial charge in [-0.25, -0.2) is 0 Å². The van der Waals surface area contributed by atoms with Crippen molar-refractivity contribution in [2.45, 2.75) is 25.0 Å². The van der Waals surface area contributed by atoms with Crippen LogP contribution in [-0.4, -0.2) is 35.9 Å². The minimum atomic E-state index is -1.00. The number of rotatable bonds is 4. The molecule has 1 heterocycles. The van der Waals surface area contributed by atoms with Crippen molar-refractivity contribution in [2.24, 2.45) is 0 Å². The maximum absolute atomic E-state index is 11.8. The van der Waals surface area contributed by atoms with Gasteiger partial charge in [-0.2, -0.15) is 0 Å². The third-order valence-electron chi connectivity index (χ3n) is 3.60. The zero-order valence-corrected chi connectivity index (χ0v) is 13.1. The molecule has 1 saturated heterocycles. The van der Waals surface area contributed by atoms with E-state index in [-0.39, 0.29) is 18.6 Å². The van der Waals surface area contributed by atoms with E-state index >= 15 is 0 Å². The first-order chi connectivity index (χ1) is 9.90. The van der Waals surface area contributed by atoms with Crippen LogP contribution < -0.4 is 5.32 Å². The fourth-order valence-electron chi connectivity index (χ4n) is 2.11. The molecule has 0 aliphatic carbocycles. The number of ether oxygens (including phenoxy) is 1. The smallest absolute Gasteiger partial charge is 0.244 e. The number of halogens is 2. The summed E-state index contributed by atoms with van der Waals surface area (Å²) >= 11 is 11.9. The van der Waals surface area contributed by atoms with Gasteiger partial charge in [-0.1, -0.05) is 23.2 Å². The van der Waals surface area contributed by atoms with Crippen molar-refractivity contribution in [3.63, 3.8) is 0 Å². The van der Waals surface area contributed by atoms with Crippen LogP contribution in [0.25, 0.3) is 6.08 Å². The molecule has 0 radical (unpaired) electrons. The van der Waals surface area contributed by atoms with Crippen LogP contribution in [0.3, 0.4) is 0 Å². The fraction of sp³-hybridized carbons (Fsp3) is 0.400. The number of hydrogen-bond donors (Lipinski definition) is 2. The molecule has 1 amide bonds. The minimum absolute atomic E-state index is 0.153. The first kappa shape index (κ1) is 16.3. The van der Waals surface area contributed by atoms with Gasteiger partial charge in [0, 0.05) is 35.7 Å². The van der Waals surface area contributed by atoms with Gasteiger partial charge in [-0.15, -0.1) is 0 Å². The molecule has 0 saturated carbocycles. The lowest BCUT2D eigenvalue weighted by Gasteiger charge is -2.25. The average molecular weight is 330 g/mol. The van der Waals surface area contributed by atoms with E-state index in [4.69, 9.17) is 27.9 Å². The lowest BCUT2D eigenvalue weighted by molar-refractivity contribution is -0.118. The lowest BCUT2D eigenvalue weighted by atomic mass is 9.97. The first-order valence-corrected chi connectivity index (χ1v) is 7.41. The highest BCUT2D eigenvalue weighted by molar-refractivity contribution is 6.34. The molecular formula is C15H17Cl2NO3. The number of aliphatic hydroxyl groups is 1. The number of hydrogen-bond acceptors (Lipinski definition) is 3. The second-order valence-electron chi connectivity index (χ2n) is 5.08. The van der Waals surface area contributed by atoms with Crippen LogP contribution in [0.2, 0.25) is 10.0 Å². The molecule has 0 spiro atoms. The van der Waals surface area contributed by atoms with Gasteiger partial charge < -0.3 is 15.2 Å². The largest absolute Gasteiger partial charge is 0.385 e. The zero-order chi connectivity index (χ0) is 15.5. The molecule has 1 aromatic carbocycles. The number of carbonyl (C=O) groups excluding carboxylic acids is 1. The Labute approximate surface area is 133 Å². The van der Waals surface area contributed by atoms with E-state index in [0.717, 1.165) is 0 Å². The van der Waals surface area contributed by atoms with Crippen LogP contribution in [0, 0.1) is 0 Å². The Kier molecular flexibility index (Phi) is 5.27. The van der Waals surface area contributed by atoms with Crippen LogP contribution in [0.4, 0.5) is 0 Å². The summed E-state index contributed by atoms with van der Waals surface area (Å²) < 4.78 is 5.31. The summed E-state index contributed by atoms with van der Waals surface area (Å²) in [5.41, 5.74) is -0.340. The van der Waals surface area contributed by atoms with Crippen LogP contribution >= 0.6 is 23.2 Å². The predicted molar refractivity (Wildman–Crippen MR) is 83.5 cm³/mol. The van der Waals surface area contributed by atoms with Crippen LogP contribution in [-0.2, 0) is 9.53 Å². The number of amides is 1. The van der Waals surface area contributed by atoms with Gasteiger partial charge in [-0.3, -0.25) is 4.79 Å². The third kappa shape index (κ3) is 4.20. The summed E-state index contributed by atoms with van der Waals surface area (Å²) in [5.74, 6) is -0.307. The van der Waals surface area contributed by atoms with Gasteiger partial charge in [0.25, 0.3) is 0 Å². The molecule has 1 fully saturated rings. The quantitative estimate of drug-likeness (QED) is 0.835. The first-order valence-electron chi connectivity index (χ1n) is 6.66. The summed E-state index contributed by atoms with van der Waals surface area (Å²) in [5, 5.41) is 14.0. The SMILES string of the molecule is CC1OCCC1(O)CNC(=O)/C=C/c1cc(Cl)ccc1Cl. The lowest BCUT2D eigenvalue weighted by Crippen LogP contribution is -2.47. The van der Waals surface area contributed by atoms with Crippen molar-refractivity contribution >= 4 is 35.2 Å². The Morgan fingerprint density at radius 3 is 3.00 bits per heavy atom. The van der Waals surface area contributed by atoms with E-state index in [9.17, 15) is 9.90 Å². The maximum atomic E-state index is 11.8. The second kappa shape index (κ2) is 6.79. The van der Waals surface area contributed by atoms with Crippen LogP contribution in [0.1, 0.15) is 18.9 Å². The number of carbonyl (C=O) groups is 1. The summed E-state index contributed by atoms with van der Waals surface area (Å²) in [6, 6.07) is 5.02. The van der Waals surface area contributed by atoms with Gasteiger partial charge in [0.15, 0.2) is 0 Å². The summed E-state index contributed by atoms with van der Waals surface area (Å²) in [6.07, 6.45) is 3.17. The fourth-order valence-corrected chi connectivity index (χ4v) is 2.47. The van der Waals surface area contributed by atoms with E-state index in [1.165, 1.54) is 6.08 Å². The molecule has 2 rings (SSSR count). The van der Waals surface area contributed by atoms with E-state index in [0.29, 0.717) is 28.6 Å². The molecule has 4 nitrogen and oxygen atoms in total. The van der Waals surface area contributed by atoms with Gasteiger partial charge in [0.2, 0.25) is 5.91 Å². The molecule has 114 valence electrons. The van der Waals surface area contributed by atoms with Crippen molar-refractivity contribution in [3.8, 4) is 0 Å². The molecule has 21 heavy (non-hydrogen) atoms. The Balaban J connectivity index is 1.92. The summed E-state index contributed by atoms with van der Waals surface area (Å²) in [7, 11) is 0. The van der Waals surface area contributed by atoms with E-state index < -0.39 is 5.60 Å². The van der Waals surface area contributed by atoms with Crippen molar-refractivity contribution in [1.29, 1.82) is 0 Å². The van der Waals surface area contributed by atoms with Crippen molar-refractivity contribution in [2.75, 3.05) is 13.2 Å². The van der Waals surface area contributed by atoms with Crippen molar-refractivity contribution < 1.29 is 14.6 Å². The molecule has 1 aromatic rings. The Morgan fingerprint density at radius 2 is 2.33 bits per heavy atom. The van der Waals surface area contributed by atoms with Crippen LogP contribution in [0.5, 0.6) is 0 Å². The molecule has 1 aliphatic rings. The molecule has 6 heteroatoms. The summed E-state index contributed by atoms with van der Waals surface area (Å²) in [6.45, 7) is 2.45. The molecule has 2 atom stereocenters. The number of nitrogens with one attached hydrogen (secondary N) is 1. The van der Waals surface area contributed by atoms with E-state index in [1.807, 2.05) is 0 Å². The van der Waals surface area contributed by atoms with Gasteiger partial charge >= 0.3 is 0 Å². The third-order valence-corrected chi connectivity index (χ3v) is 4.18. The normalized spacial score (nSPS) is 25.4. The number of benzene rings is 1. The van der Waals surface area contributed by atoms with Crippen molar-refractivity contribution in [1.82, 2.24) is 5.32 Å². The van der Waals surface area contributed by atoms with Crippen molar-refractivity contribution in [3.05, 3.63) is 39.9 Å². The highest BCUT2D eigenvalue weighted by Crippen LogP contribution is 2.25. The zero-order valence-electron chi connectivity index (χ0n) is 11.6. The predicted octanol–water partition coefficient (Wildman–Crippen LogP) is 2.66. The monoisotopic (exact) mass is 329 g/mol.